The molecule has 0 aliphatic rings. The smallest absolute Gasteiger partial charge is 0.0486 e. The minimum atomic E-state index is 0.692. The normalized spacial score (nSPS) is 11.2. The third kappa shape index (κ3) is 2.72. The molecule has 0 radical (unpaired) electrons. The molecule has 108 valence electrons. The molecule has 0 atom stereocenters. The summed E-state index contributed by atoms with van der Waals surface area (Å²) in [4.78, 5) is 0. The van der Waals surface area contributed by atoms with Crippen molar-refractivity contribution in [2.24, 2.45) is 5.73 Å². The van der Waals surface area contributed by atoms with Gasteiger partial charge in [0, 0.05) is 23.6 Å². The second-order valence-corrected chi connectivity index (χ2v) is 5.76. The van der Waals surface area contributed by atoms with Crippen molar-refractivity contribution in [3.05, 3.63) is 70.9 Å². The molecule has 0 saturated heterocycles. The first-order valence-corrected chi connectivity index (χ1v) is 7.52. The molecule has 3 aromatic rings. The van der Waals surface area contributed by atoms with Gasteiger partial charge in [0.25, 0.3) is 0 Å². The molecule has 0 aliphatic carbocycles. The molecule has 1 aromatic heterocycles. The summed E-state index contributed by atoms with van der Waals surface area (Å²) in [6, 6.07) is 15.3. The molecule has 2 heteroatoms. The molecule has 1 heterocycles. The fraction of sp³-hybridized carbons (Fsp3) is 0.263. The zero-order valence-corrected chi connectivity index (χ0v) is 12.8. The van der Waals surface area contributed by atoms with E-state index >= 15 is 0 Å². The summed E-state index contributed by atoms with van der Waals surface area (Å²) in [7, 11) is 0. The van der Waals surface area contributed by atoms with Gasteiger partial charge in [0.15, 0.2) is 0 Å². The summed E-state index contributed by atoms with van der Waals surface area (Å²) in [5.41, 5.74) is 12.4. The van der Waals surface area contributed by atoms with Crippen molar-refractivity contribution in [1.82, 2.24) is 4.57 Å². The zero-order chi connectivity index (χ0) is 14.8. The van der Waals surface area contributed by atoms with Gasteiger partial charge in [-0.1, -0.05) is 36.4 Å². The Labute approximate surface area is 126 Å². The Morgan fingerprint density at radius 3 is 2.57 bits per heavy atom. The summed E-state index contributed by atoms with van der Waals surface area (Å²) < 4.78 is 2.34. The number of benzene rings is 2. The maximum atomic E-state index is 5.74. The average Bonchev–Trinajstić information content (AvgIpc) is 2.82. The van der Waals surface area contributed by atoms with Crippen molar-refractivity contribution in [2.45, 2.75) is 26.8 Å². The fourth-order valence-electron chi connectivity index (χ4n) is 2.91. The van der Waals surface area contributed by atoms with Gasteiger partial charge in [-0.3, -0.25) is 0 Å². The van der Waals surface area contributed by atoms with Gasteiger partial charge in [-0.25, -0.2) is 0 Å². The molecule has 2 N–H and O–H groups in total. The molecule has 2 aromatic carbocycles. The van der Waals surface area contributed by atoms with E-state index in [9.17, 15) is 0 Å². The molecule has 0 saturated carbocycles. The van der Waals surface area contributed by atoms with Crippen LogP contribution < -0.4 is 5.73 Å². The second kappa shape index (κ2) is 5.74. The largest absolute Gasteiger partial charge is 0.343 e. The monoisotopic (exact) mass is 278 g/mol. The predicted molar refractivity (Wildman–Crippen MR) is 89.7 cm³/mol. The maximum absolute atomic E-state index is 5.74. The lowest BCUT2D eigenvalue weighted by atomic mass is 10.1. The molecule has 0 amide bonds. The molecule has 2 nitrogen and oxygen atoms in total. The first kappa shape index (κ1) is 13.9. The number of rotatable bonds is 4. The minimum Gasteiger partial charge on any atom is -0.343 e. The van der Waals surface area contributed by atoms with E-state index in [1.165, 1.54) is 33.2 Å². The van der Waals surface area contributed by atoms with Crippen LogP contribution in [0.15, 0.2) is 48.7 Å². The summed E-state index contributed by atoms with van der Waals surface area (Å²) in [6.07, 6.45) is 3.19. The van der Waals surface area contributed by atoms with E-state index in [-0.39, 0.29) is 0 Å². The Kier molecular flexibility index (Phi) is 3.80. The predicted octanol–water partition coefficient (Wildman–Crippen LogP) is 3.81. The minimum absolute atomic E-state index is 0.692. The Bertz CT molecular complexity index is 768. The van der Waals surface area contributed by atoms with Crippen LogP contribution >= 0.6 is 0 Å². The fourth-order valence-corrected chi connectivity index (χ4v) is 2.91. The lowest BCUT2D eigenvalue weighted by Gasteiger charge is -2.08. The highest BCUT2D eigenvalue weighted by Crippen LogP contribution is 2.23. The number of nitrogens with two attached hydrogens (primary N) is 1. The van der Waals surface area contributed by atoms with Gasteiger partial charge in [-0.2, -0.15) is 0 Å². The number of aromatic nitrogens is 1. The molecular formula is C19H22N2. The highest BCUT2D eigenvalue weighted by molar-refractivity contribution is 5.84. The lowest BCUT2D eigenvalue weighted by Crippen LogP contribution is -2.02. The Morgan fingerprint density at radius 2 is 1.81 bits per heavy atom. The summed E-state index contributed by atoms with van der Waals surface area (Å²) in [6.45, 7) is 5.93. The Hall–Kier alpha value is -2.06. The maximum Gasteiger partial charge on any atom is 0.0486 e. The van der Waals surface area contributed by atoms with Crippen LogP contribution in [-0.2, 0) is 13.0 Å². The van der Waals surface area contributed by atoms with Crippen LogP contribution in [0.3, 0.4) is 0 Å². The Morgan fingerprint density at radius 1 is 1.00 bits per heavy atom. The molecule has 0 fully saturated rings. The van der Waals surface area contributed by atoms with Crippen LogP contribution in [0, 0.1) is 13.8 Å². The molecule has 0 unspecified atom stereocenters. The van der Waals surface area contributed by atoms with Crippen LogP contribution in [0.25, 0.3) is 10.9 Å². The van der Waals surface area contributed by atoms with E-state index in [1.54, 1.807) is 0 Å². The van der Waals surface area contributed by atoms with Crippen molar-refractivity contribution in [3.8, 4) is 0 Å². The summed E-state index contributed by atoms with van der Waals surface area (Å²) in [5, 5.41) is 1.33. The number of para-hydroxylation sites is 1. The molecule has 0 bridgehead atoms. The van der Waals surface area contributed by atoms with Crippen LogP contribution in [-0.4, -0.2) is 11.1 Å². The van der Waals surface area contributed by atoms with Crippen molar-refractivity contribution in [3.63, 3.8) is 0 Å². The lowest BCUT2D eigenvalue weighted by molar-refractivity contribution is 0.826. The SMILES string of the molecule is Cc1ccc(Cn2cc(CCN)c3ccccc32)cc1C. The van der Waals surface area contributed by atoms with Crippen molar-refractivity contribution in [1.29, 1.82) is 0 Å². The quantitative estimate of drug-likeness (QED) is 0.773. The highest BCUT2D eigenvalue weighted by Gasteiger charge is 2.08. The first-order valence-electron chi connectivity index (χ1n) is 7.52. The van der Waals surface area contributed by atoms with E-state index in [1.807, 2.05) is 0 Å². The highest BCUT2D eigenvalue weighted by atomic mass is 15.0. The van der Waals surface area contributed by atoms with Gasteiger partial charge < -0.3 is 10.3 Å². The van der Waals surface area contributed by atoms with Gasteiger partial charge in [-0.15, -0.1) is 0 Å². The number of hydrogen-bond acceptors (Lipinski definition) is 1. The van der Waals surface area contributed by atoms with Gasteiger partial charge >= 0.3 is 0 Å². The van der Waals surface area contributed by atoms with Crippen LogP contribution in [0.2, 0.25) is 0 Å². The molecule has 0 spiro atoms. The van der Waals surface area contributed by atoms with E-state index in [0.717, 1.165) is 13.0 Å². The number of aryl methyl sites for hydroxylation is 2. The van der Waals surface area contributed by atoms with Crippen molar-refractivity contribution < 1.29 is 0 Å². The topological polar surface area (TPSA) is 30.9 Å². The van der Waals surface area contributed by atoms with Gasteiger partial charge in [0.1, 0.15) is 0 Å². The van der Waals surface area contributed by atoms with Crippen LogP contribution in [0.5, 0.6) is 0 Å². The zero-order valence-electron chi connectivity index (χ0n) is 12.8. The molecule has 3 rings (SSSR count). The third-order valence-corrected chi connectivity index (χ3v) is 4.21. The molecule has 0 aliphatic heterocycles. The summed E-state index contributed by atoms with van der Waals surface area (Å²) in [5.74, 6) is 0. The number of hydrogen-bond donors (Lipinski definition) is 1. The second-order valence-electron chi connectivity index (χ2n) is 5.76. The standard InChI is InChI=1S/C19H22N2/c1-14-7-8-16(11-15(14)2)12-21-13-17(9-10-20)18-5-3-4-6-19(18)21/h3-8,11,13H,9-10,12,20H2,1-2H3. The summed E-state index contributed by atoms with van der Waals surface area (Å²) >= 11 is 0. The molecule has 21 heavy (non-hydrogen) atoms. The number of fused-ring (bicyclic) bond motifs is 1. The van der Waals surface area contributed by atoms with Crippen LogP contribution in [0.4, 0.5) is 0 Å². The van der Waals surface area contributed by atoms with Crippen molar-refractivity contribution >= 4 is 10.9 Å². The third-order valence-electron chi connectivity index (χ3n) is 4.21. The number of nitrogens with zero attached hydrogens (tertiary/aromatic N) is 1. The Balaban J connectivity index is 2.01. The van der Waals surface area contributed by atoms with Gasteiger partial charge in [-0.05, 0) is 55.1 Å². The van der Waals surface area contributed by atoms with E-state index < -0.39 is 0 Å². The van der Waals surface area contributed by atoms with Crippen LogP contribution in [0.1, 0.15) is 22.3 Å². The first-order chi connectivity index (χ1) is 10.2. The van der Waals surface area contributed by atoms with E-state index in [0.29, 0.717) is 6.54 Å². The van der Waals surface area contributed by atoms with Crippen molar-refractivity contribution in [2.75, 3.05) is 6.54 Å². The van der Waals surface area contributed by atoms with E-state index in [2.05, 4.69) is 67.1 Å². The van der Waals surface area contributed by atoms with Gasteiger partial charge in [0.05, 0.1) is 0 Å². The average molecular weight is 278 g/mol. The van der Waals surface area contributed by atoms with Gasteiger partial charge in [0.2, 0.25) is 0 Å². The van der Waals surface area contributed by atoms with E-state index in [4.69, 9.17) is 5.73 Å². The molecular weight excluding hydrogens is 256 g/mol.